The number of ether oxygens (including phenoxy) is 1. The molecule has 0 saturated carbocycles. The van der Waals surface area contributed by atoms with E-state index >= 15 is 0 Å². The molecule has 2 atom stereocenters. The molecular formula is C15H10ClF3O3S. The topological polar surface area (TPSA) is 46.5 Å². The van der Waals surface area contributed by atoms with E-state index in [4.69, 9.17) is 21.4 Å². The zero-order valence-corrected chi connectivity index (χ0v) is 13.0. The first kappa shape index (κ1) is 16.1. The average molecular weight is 363 g/mol. The molecule has 0 unspecified atom stereocenters. The number of fused-ring (bicyclic) bond motifs is 1. The predicted molar refractivity (Wildman–Crippen MR) is 80.1 cm³/mol. The predicted octanol–water partition coefficient (Wildman–Crippen LogP) is 4.64. The van der Waals surface area contributed by atoms with Gasteiger partial charge in [0.1, 0.15) is 11.7 Å². The fraction of sp³-hybridized carbons (Fsp3) is 0.267. The van der Waals surface area contributed by atoms with Crippen LogP contribution in [0, 0.1) is 5.92 Å². The van der Waals surface area contributed by atoms with Crippen molar-refractivity contribution in [3.05, 3.63) is 40.2 Å². The molecule has 1 aromatic heterocycles. The SMILES string of the molecule is O=C(O)[C@@H]1Cc2cc(Cl)cc(-c3cccs3)c2O[C@@H]1C(F)(F)F. The van der Waals surface area contributed by atoms with Crippen molar-refractivity contribution in [2.24, 2.45) is 5.92 Å². The summed E-state index contributed by atoms with van der Waals surface area (Å²) >= 11 is 7.37. The van der Waals surface area contributed by atoms with Crippen molar-refractivity contribution in [3.63, 3.8) is 0 Å². The molecule has 1 aliphatic rings. The van der Waals surface area contributed by atoms with Crippen LogP contribution < -0.4 is 4.74 Å². The molecule has 1 N–H and O–H groups in total. The quantitative estimate of drug-likeness (QED) is 0.847. The highest BCUT2D eigenvalue weighted by molar-refractivity contribution is 7.13. The van der Waals surface area contributed by atoms with E-state index < -0.39 is 24.2 Å². The summed E-state index contributed by atoms with van der Waals surface area (Å²) in [5, 5.41) is 11.2. The Bertz CT molecular complexity index is 743. The number of thiophene rings is 1. The summed E-state index contributed by atoms with van der Waals surface area (Å²) in [6.07, 6.45) is -7.44. The highest BCUT2D eigenvalue weighted by atomic mass is 35.5. The number of benzene rings is 1. The number of alkyl halides is 3. The van der Waals surface area contributed by atoms with Gasteiger partial charge in [-0.3, -0.25) is 4.79 Å². The first-order valence-corrected chi connectivity index (χ1v) is 7.85. The van der Waals surface area contributed by atoms with Gasteiger partial charge in [-0.15, -0.1) is 11.3 Å². The minimum Gasteiger partial charge on any atom is -0.481 e. The summed E-state index contributed by atoms with van der Waals surface area (Å²) in [5.74, 6) is -3.19. The van der Waals surface area contributed by atoms with Gasteiger partial charge in [-0.1, -0.05) is 17.7 Å². The summed E-state index contributed by atoms with van der Waals surface area (Å²) in [6, 6.07) is 6.49. The standard InChI is InChI=1S/C15H10ClF3O3S/c16-8-4-7-5-10(14(20)21)13(15(17,18)19)22-12(7)9(6-8)11-2-1-3-23-11/h1-4,6,10,13H,5H2,(H,20,21)/t10-,13+/m1/s1. The van der Waals surface area contributed by atoms with Gasteiger partial charge in [-0.2, -0.15) is 13.2 Å². The Kier molecular flexibility index (Phi) is 4.01. The Labute approximate surface area is 138 Å². The number of halogens is 4. The van der Waals surface area contributed by atoms with Gasteiger partial charge < -0.3 is 9.84 Å². The van der Waals surface area contributed by atoms with Crippen molar-refractivity contribution in [3.8, 4) is 16.2 Å². The number of carboxylic acid groups (broad SMARTS) is 1. The van der Waals surface area contributed by atoms with Gasteiger partial charge in [0.15, 0.2) is 0 Å². The van der Waals surface area contributed by atoms with Crippen molar-refractivity contribution in [2.45, 2.75) is 18.7 Å². The fourth-order valence-electron chi connectivity index (χ4n) is 2.62. The zero-order chi connectivity index (χ0) is 16.8. The number of aliphatic carboxylic acids is 1. The molecule has 1 aromatic carbocycles. The largest absolute Gasteiger partial charge is 0.481 e. The highest BCUT2D eigenvalue weighted by Gasteiger charge is 2.52. The first-order valence-electron chi connectivity index (χ1n) is 6.60. The van der Waals surface area contributed by atoms with Crippen LogP contribution >= 0.6 is 22.9 Å². The lowest BCUT2D eigenvalue weighted by Gasteiger charge is -2.33. The zero-order valence-electron chi connectivity index (χ0n) is 11.4. The average Bonchev–Trinajstić information content (AvgIpc) is 2.97. The molecule has 0 bridgehead atoms. The van der Waals surface area contributed by atoms with E-state index in [0.717, 1.165) is 0 Å². The maximum atomic E-state index is 13.2. The minimum absolute atomic E-state index is 0.0525. The molecule has 23 heavy (non-hydrogen) atoms. The summed E-state index contributed by atoms with van der Waals surface area (Å²) in [7, 11) is 0. The van der Waals surface area contributed by atoms with E-state index in [1.165, 1.54) is 23.5 Å². The van der Waals surface area contributed by atoms with Crippen LogP contribution in [0.5, 0.6) is 5.75 Å². The molecule has 0 spiro atoms. The number of hydrogen-bond acceptors (Lipinski definition) is 3. The van der Waals surface area contributed by atoms with Crippen LogP contribution in [0.3, 0.4) is 0 Å². The molecule has 2 heterocycles. The third-order valence-corrected chi connectivity index (χ3v) is 4.73. The Balaban J connectivity index is 2.14. The Hall–Kier alpha value is -1.73. The highest BCUT2D eigenvalue weighted by Crippen LogP contribution is 2.45. The lowest BCUT2D eigenvalue weighted by atomic mass is 9.89. The van der Waals surface area contributed by atoms with Gasteiger partial charge in [0.2, 0.25) is 6.10 Å². The number of rotatable bonds is 2. The minimum atomic E-state index is -4.77. The van der Waals surface area contributed by atoms with Crippen LogP contribution in [0.2, 0.25) is 5.02 Å². The molecule has 3 rings (SSSR count). The summed E-state index contributed by atoms with van der Waals surface area (Å²) in [4.78, 5) is 11.9. The number of carbonyl (C=O) groups is 1. The second kappa shape index (κ2) is 5.72. The molecule has 8 heteroatoms. The van der Waals surface area contributed by atoms with Crippen LogP contribution in [0.1, 0.15) is 5.56 Å². The third-order valence-electron chi connectivity index (χ3n) is 3.61. The Morgan fingerprint density at radius 2 is 2.13 bits per heavy atom. The fourth-order valence-corrected chi connectivity index (χ4v) is 3.60. The molecule has 0 amide bonds. The second-order valence-electron chi connectivity index (χ2n) is 5.15. The van der Waals surface area contributed by atoms with E-state index in [2.05, 4.69) is 0 Å². The van der Waals surface area contributed by atoms with Crippen LogP contribution in [0.15, 0.2) is 29.6 Å². The first-order chi connectivity index (χ1) is 10.8. The number of carboxylic acids is 1. The maximum absolute atomic E-state index is 13.2. The van der Waals surface area contributed by atoms with Crippen molar-refractivity contribution in [1.29, 1.82) is 0 Å². The van der Waals surface area contributed by atoms with Gasteiger partial charge in [-0.25, -0.2) is 0 Å². The lowest BCUT2D eigenvalue weighted by Crippen LogP contribution is -2.47. The molecule has 0 aliphatic carbocycles. The smallest absolute Gasteiger partial charge is 0.426 e. The molecule has 3 nitrogen and oxygen atoms in total. The monoisotopic (exact) mass is 362 g/mol. The van der Waals surface area contributed by atoms with Crippen LogP contribution in [-0.4, -0.2) is 23.4 Å². The van der Waals surface area contributed by atoms with E-state index in [1.54, 1.807) is 17.5 Å². The molecule has 122 valence electrons. The second-order valence-corrected chi connectivity index (χ2v) is 6.53. The molecule has 1 aliphatic heterocycles. The Morgan fingerprint density at radius 1 is 1.39 bits per heavy atom. The van der Waals surface area contributed by atoms with E-state index in [1.807, 2.05) is 0 Å². The van der Waals surface area contributed by atoms with E-state index in [-0.39, 0.29) is 12.2 Å². The van der Waals surface area contributed by atoms with Crippen LogP contribution in [-0.2, 0) is 11.2 Å². The Morgan fingerprint density at radius 3 is 2.70 bits per heavy atom. The van der Waals surface area contributed by atoms with Crippen LogP contribution in [0.25, 0.3) is 10.4 Å². The van der Waals surface area contributed by atoms with Gasteiger partial charge in [0, 0.05) is 15.5 Å². The van der Waals surface area contributed by atoms with Crippen molar-refractivity contribution < 1.29 is 27.8 Å². The van der Waals surface area contributed by atoms with Gasteiger partial charge >= 0.3 is 12.1 Å². The molecule has 0 radical (unpaired) electrons. The summed E-state index contributed by atoms with van der Waals surface area (Å²) in [5.41, 5.74) is 0.814. The lowest BCUT2D eigenvalue weighted by molar-refractivity contribution is -0.217. The molecule has 0 saturated heterocycles. The maximum Gasteiger partial charge on any atom is 0.426 e. The van der Waals surface area contributed by atoms with E-state index in [0.29, 0.717) is 21.0 Å². The van der Waals surface area contributed by atoms with Crippen molar-refractivity contribution in [2.75, 3.05) is 0 Å². The van der Waals surface area contributed by atoms with E-state index in [9.17, 15) is 18.0 Å². The van der Waals surface area contributed by atoms with Gasteiger partial charge in [0.05, 0.1) is 0 Å². The molecule has 0 fully saturated rings. The van der Waals surface area contributed by atoms with Crippen LogP contribution in [0.4, 0.5) is 13.2 Å². The van der Waals surface area contributed by atoms with Crippen molar-refractivity contribution in [1.82, 2.24) is 0 Å². The van der Waals surface area contributed by atoms with Crippen molar-refractivity contribution >= 4 is 28.9 Å². The molecule has 2 aromatic rings. The summed E-state index contributed by atoms with van der Waals surface area (Å²) < 4.78 is 44.7. The normalized spacial score (nSPS) is 20.7. The van der Waals surface area contributed by atoms with Gasteiger partial charge in [-0.05, 0) is 35.6 Å². The van der Waals surface area contributed by atoms with Gasteiger partial charge in [0.25, 0.3) is 0 Å². The molecular weight excluding hydrogens is 353 g/mol. The number of hydrogen-bond donors (Lipinski definition) is 1. The summed E-state index contributed by atoms with van der Waals surface area (Å²) in [6.45, 7) is 0. The third kappa shape index (κ3) is 3.03.